The summed E-state index contributed by atoms with van der Waals surface area (Å²) >= 11 is 1.07. The highest BCUT2D eigenvalue weighted by molar-refractivity contribution is 7.90. The number of hydrogen-bond donors (Lipinski definition) is 0. The molecule has 9 heteroatoms. The molecular formula is C18H14N4O3S2. The van der Waals surface area contributed by atoms with Crippen molar-refractivity contribution in [3.8, 4) is 5.75 Å². The van der Waals surface area contributed by atoms with Crippen LogP contribution >= 0.6 is 11.5 Å². The maximum absolute atomic E-state index is 12.7. The minimum absolute atomic E-state index is 0.178. The summed E-state index contributed by atoms with van der Waals surface area (Å²) in [7, 11) is -3.55. The maximum atomic E-state index is 12.7. The van der Waals surface area contributed by atoms with Crippen molar-refractivity contribution < 1.29 is 13.2 Å². The van der Waals surface area contributed by atoms with Crippen molar-refractivity contribution in [3.05, 3.63) is 65.2 Å². The lowest BCUT2D eigenvalue weighted by Gasteiger charge is -2.32. The number of benzene rings is 2. The number of anilines is 2. The molecule has 27 heavy (non-hydrogen) atoms. The normalized spacial score (nSPS) is 13.5. The Morgan fingerprint density at radius 3 is 2.85 bits per heavy atom. The highest BCUT2D eigenvalue weighted by Crippen LogP contribution is 2.41. The molecule has 4 rings (SSSR count). The third-order valence-corrected chi connectivity index (χ3v) is 6.64. The van der Waals surface area contributed by atoms with Crippen molar-refractivity contribution >= 4 is 38.4 Å². The van der Waals surface area contributed by atoms with Gasteiger partial charge in [0.25, 0.3) is 0 Å². The number of aromatic nitrogens is 2. The zero-order valence-corrected chi connectivity index (χ0v) is 15.7. The highest BCUT2D eigenvalue weighted by Gasteiger charge is 2.25. The molecule has 0 N–H and O–H groups in total. The van der Waals surface area contributed by atoms with Gasteiger partial charge >= 0.3 is 0 Å². The average Bonchev–Trinajstić information content (AvgIpc) is 3.19. The van der Waals surface area contributed by atoms with Crippen LogP contribution in [0.5, 0.6) is 5.75 Å². The van der Waals surface area contributed by atoms with E-state index in [4.69, 9.17) is 11.3 Å². The molecule has 0 aliphatic carbocycles. The molecule has 0 atom stereocenters. The molecule has 0 spiro atoms. The Morgan fingerprint density at radius 1 is 1.22 bits per heavy atom. The Hall–Kier alpha value is -2.96. The molecule has 0 fully saturated rings. The van der Waals surface area contributed by atoms with Gasteiger partial charge in [0.2, 0.25) is 5.69 Å². The van der Waals surface area contributed by atoms with Gasteiger partial charge in [-0.25, -0.2) is 18.2 Å². The first-order valence-electron chi connectivity index (χ1n) is 8.08. The van der Waals surface area contributed by atoms with Crippen molar-refractivity contribution in [2.45, 2.75) is 10.6 Å². The van der Waals surface area contributed by atoms with Gasteiger partial charge < -0.3 is 9.64 Å². The van der Waals surface area contributed by atoms with E-state index in [1.807, 2.05) is 23.1 Å². The molecule has 0 bridgehead atoms. The SMILES string of the molecule is [C-]#[N+]c1ccccc1N1CCOc2cc(S(=O)(=O)Cc3ncns3)ccc21. The molecule has 136 valence electrons. The molecule has 0 unspecified atom stereocenters. The van der Waals surface area contributed by atoms with Gasteiger partial charge in [0, 0.05) is 11.8 Å². The van der Waals surface area contributed by atoms with Crippen LogP contribution in [0.3, 0.4) is 0 Å². The van der Waals surface area contributed by atoms with Crippen molar-refractivity contribution in [3.63, 3.8) is 0 Å². The predicted octanol–water partition coefficient (Wildman–Crippen LogP) is 3.59. The quantitative estimate of drug-likeness (QED) is 0.625. The standard InChI is InChI=1S/C18H14N4O3S2/c1-19-14-4-2-3-5-15(14)22-8-9-25-17-10-13(6-7-16(17)22)27(23,24)11-18-20-12-21-26-18/h2-7,10,12H,8-9,11H2. The summed E-state index contributed by atoms with van der Waals surface area (Å²) < 4.78 is 34.9. The van der Waals surface area contributed by atoms with E-state index in [2.05, 4.69) is 14.2 Å². The van der Waals surface area contributed by atoms with E-state index in [9.17, 15) is 8.42 Å². The van der Waals surface area contributed by atoms with Crippen LogP contribution in [0.1, 0.15) is 5.01 Å². The number of fused-ring (bicyclic) bond motifs is 1. The first-order valence-corrected chi connectivity index (χ1v) is 10.5. The second kappa shape index (κ2) is 6.98. The average molecular weight is 398 g/mol. The lowest BCUT2D eigenvalue weighted by atomic mass is 10.2. The van der Waals surface area contributed by atoms with Gasteiger partial charge in [0.15, 0.2) is 9.84 Å². The third-order valence-electron chi connectivity index (χ3n) is 4.17. The first-order chi connectivity index (χ1) is 13.1. The molecule has 7 nitrogen and oxygen atoms in total. The van der Waals surface area contributed by atoms with E-state index in [0.29, 0.717) is 29.6 Å². The maximum Gasteiger partial charge on any atom is 0.210 e. The van der Waals surface area contributed by atoms with Gasteiger partial charge in [-0.3, -0.25) is 0 Å². The molecule has 0 saturated carbocycles. The monoisotopic (exact) mass is 398 g/mol. The molecule has 3 aromatic rings. The highest BCUT2D eigenvalue weighted by atomic mass is 32.2. The van der Waals surface area contributed by atoms with Crippen LogP contribution in [0.4, 0.5) is 17.1 Å². The van der Waals surface area contributed by atoms with Gasteiger partial charge in [-0.05, 0) is 29.7 Å². The van der Waals surface area contributed by atoms with Gasteiger partial charge in [-0.1, -0.05) is 18.2 Å². The summed E-state index contributed by atoms with van der Waals surface area (Å²) in [6, 6.07) is 12.2. The third kappa shape index (κ3) is 3.37. The van der Waals surface area contributed by atoms with E-state index in [0.717, 1.165) is 22.9 Å². The van der Waals surface area contributed by atoms with Crippen LogP contribution in [-0.2, 0) is 15.6 Å². The van der Waals surface area contributed by atoms with E-state index in [1.54, 1.807) is 18.2 Å². The summed E-state index contributed by atoms with van der Waals surface area (Å²) in [5.74, 6) is 0.292. The zero-order chi connectivity index (χ0) is 18.9. The van der Waals surface area contributed by atoms with Gasteiger partial charge in [-0.2, -0.15) is 4.37 Å². The second-order valence-corrected chi connectivity index (χ2v) is 8.68. The van der Waals surface area contributed by atoms with Crippen molar-refractivity contribution in [2.75, 3.05) is 18.1 Å². The summed E-state index contributed by atoms with van der Waals surface area (Å²) in [6.07, 6.45) is 1.35. The fourth-order valence-corrected chi connectivity index (χ4v) is 5.05. The summed E-state index contributed by atoms with van der Waals surface area (Å²) in [6.45, 7) is 8.36. The van der Waals surface area contributed by atoms with E-state index in [1.165, 1.54) is 12.4 Å². The zero-order valence-electron chi connectivity index (χ0n) is 14.1. The van der Waals surface area contributed by atoms with E-state index in [-0.39, 0.29) is 10.6 Å². The number of para-hydroxylation sites is 2. The Kier molecular flexibility index (Phi) is 4.51. The molecule has 0 amide bonds. The van der Waals surface area contributed by atoms with E-state index >= 15 is 0 Å². The Balaban J connectivity index is 1.71. The molecule has 2 heterocycles. The van der Waals surface area contributed by atoms with Crippen LogP contribution < -0.4 is 9.64 Å². The number of hydrogen-bond acceptors (Lipinski definition) is 7. The van der Waals surface area contributed by atoms with Gasteiger partial charge in [0.1, 0.15) is 29.4 Å². The second-order valence-electron chi connectivity index (χ2n) is 5.82. The number of nitrogens with zero attached hydrogens (tertiary/aromatic N) is 4. The molecule has 1 aliphatic rings. The van der Waals surface area contributed by atoms with Crippen molar-refractivity contribution in [1.29, 1.82) is 0 Å². The Bertz CT molecular complexity index is 1120. The van der Waals surface area contributed by atoms with Crippen LogP contribution in [0.2, 0.25) is 0 Å². The Morgan fingerprint density at radius 2 is 2.07 bits per heavy atom. The molecular weight excluding hydrogens is 384 g/mol. The molecule has 1 aromatic heterocycles. The van der Waals surface area contributed by atoms with Crippen LogP contribution in [0.25, 0.3) is 4.85 Å². The van der Waals surface area contributed by atoms with Gasteiger partial charge in [0.05, 0.1) is 23.7 Å². The Labute approximate surface area is 160 Å². The van der Waals surface area contributed by atoms with Crippen LogP contribution in [0.15, 0.2) is 53.7 Å². The molecule has 0 radical (unpaired) electrons. The topological polar surface area (TPSA) is 76.8 Å². The lowest BCUT2D eigenvalue weighted by Crippen LogP contribution is -2.28. The lowest BCUT2D eigenvalue weighted by molar-refractivity contribution is 0.313. The number of sulfone groups is 1. The van der Waals surface area contributed by atoms with Crippen molar-refractivity contribution in [1.82, 2.24) is 9.36 Å². The largest absolute Gasteiger partial charge is 0.489 e. The molecule has 0 saturated heterocycles. The van der Waals surface area contributed by atoms with Gasteiger partial charge in [-0.15, -0.1) is 0 Å². The van der Waals surface area contributed by atoms with Crippen molar-refractivity contribution in [2.24, 2.45) is 0 Å². The van der Waals surface area contributed by atoms with E-state index < -0.39 is 9.84 Å². The minimum atomic E-state index is -3.55. The fraction of sp³-hybridized carbons (Fsp3) is 0.167. The smallest absolute Gasteiger partial charge is 0.210 e. The molecule has 2 aromatic carbocycles. The number of ether oxygens (including phenoxy) is 1. The minimum Gasteiger partial charge on any atom is -0.489 e. The van der Waals surface area contributed by atoms with Crippen LogP contribution in [0, 0.1) is 6.57 Å². The predicted molar refractivity (Wildman–Crippen MR) is 102 cm³/mol. The summed E-state index contributed by atoms with van der Waals surface area (Å²) in [5, 5.41) is 0.446. The first kappa shape index (κ1) is 17.5. The number of rotatable bonds is 4. The fourth-order valence-electron chi connectivity index (χ4n) is 2.94. The molecule has 1 aliphatic heterocycles. The van der Waals surface area contributed by atoms with Crippen LogP contribution in [-0.4, -0.2) is 30.9 Å². The summed E-state index contributed by atoms with van der Waals surface area (Å²) in [5.41, 5.74) is 2.06. The summed E-state index contributed by atoms with van der Waals surface area (Å²) in [4.78, 5) is 9.68.